The highest BCUT2D eigenvalue weighted by molar-refractivity contribution is 7.08. The van der Waals surface area contributed by atoms with Gasteiger partial charge in [0.1, 0.15) is 5.82 Å². The highest BCUT2D eigenvalue weighted by atomic mass is 32.1. The fourth-order valence-corrected chi connectivity index (χ4v) is 4.79. The summed E-state index contributed by atoms with van der Waals surface area (Å²) in [7, 11) is 0. The number of carbonyl (C=O) groups excluding carboxylic acids is 1. The van der Waals surface area contributed by atoms with Crippen molar-refractivity contribution in [1.29, 1.82) is 0 Å². The van der Waals surface area contributed by atoms with Gasteiger partial charge in [0.15, 0.2) is 11.6 Å². The number of imidazole rings is 1. The summed E-state index contributed by atoms with van der Waals surface area (Å²) in [5.41, 5.74) is 1.88. The zero-order valence-corrected chi connectivity index (χ0v) is 18.3. The molecule has 1 amide bonds. The summed E-state index contributed by atoms with van der Waals surface area (Å²) >= 11 is 1.36. The van der Waals surface area contributed by atoms with E-state index in [-0.39, 0.29) is 56.1 Å². The van der Waals surface area contributed by atoms with E-state index in [1.165, 1.54) is 16.2 Å². The van der Waals surface area contributed by atoms with E-state index in [4.69, 9.17) is 0 Å². The van der Waals surface area contributed by atoms with Crippen molar-refractivity contribution in [3.8, 4) is 11.3 Å². The summed E-state index contributed by atoms with van der Waals surface area (Å²) in [6, 6.07) is 1.23. The lowest BCUT2D eigenvalue weighted by Crippen LogP contribution is -2.39. The van der Waals surface area contributed by atoms with Crippen LogP contribution in [-0.2, 0) is 30.5 Å². The molecule has 2 aromatic heterocycles. The summed E-state index contributed by atoms with van der Waals surface area (Å²) in [5.74, 6) is -4.64. The number of thiophene rings is 1. The van der Waals surface area contributed by atoms with Crippen LogP contribution in [0.2, 0.25) is 0 Å². The van der Waals surface area contributed by atoms with Crippen molar-refractivity contribution in [2.75, 3.05) is 6.54 Å². The van der Waals surface area contributed by atoms with Crippen molar-refractivity contribution in [2.24, 2.45) is 0 Å². The first-order chi connectivity index (χ1) is 15.6. The van der Waals surface area contributed by atoms with Crippen LogP contribution in [-0.4, -0.2) is 26.9 Å². The van der Waals surface area contributed by atoms with Gasteiger partial charge in [-0.15, -0.1) is 0 Å². The van der Waals surface area contributed by atoms with E-state index >= 15 is 0 Å². The fourth-order valence-electron chi connectivity index (χ4n) is 3.96. The Morgan fingerprint density at radius 3 is 2.48 bits per heavy atom. The highest BCUT2D eigenvalue weighted by Crippen LogP contribution is 2.37. The summed E-state index contributed by atoms with van der Waals surface area (Å²) < 4.78 is 82.0. The maximum Gasteiger partial charge on any atom is 0.449 e. The van der Waals surface area contributed by atoms with Crippen LogP contribution in [0, 0.1) is 24.4 Å². The average Bonchev–Trinajstić information content (AvgIpc) is 3.34. The topological polar surface area (TPSA) is 38.1 Å². The van der Waals surface area contributed by atoms with Crippen LogP contribution in [0.5, 0.6) is 0 Å². The normalized spacial score (nSPS) is 14.0. The van der Waals surface area contributed by atoms with Gasteiger partial charge < -0.3 is 9.47 Å². The lowest BCUT2D eigenvalue weighted by molar-refractivity contribution is -0.148. The van der Waals surface area contributed by atoms with E-state index in [0.29, 0.717) is 17.3 Å². The number of halogens is 6. The van der Waals surface area contributed by atoms with Crippen LogP contribution < -0.4 is 0 Å². The quantitative estimate of drug-likeness (QED) is 0.341. The summed E-state index contributed by atoms with van der Waals surface area (Å²) in [5, 5.41) is 3.55. The van der Waals surface area contributed by atoms with Crippen LogP contribution in [0.4, 0.5) is 26.3 Å². The minimum Gasteiger partial charge on any atom is -0.335 e. The number of carbonyl (C=O) groups is 1. The van der Waals surface area contributed by atoms with Gasteiger partial charge in [-0.1, -0.05) is 0 Å². The number of amides is 1. The Kier molecular flexibility index (Phi) is 6.26. The van der Waals surface area contributed by atoms with E-state index in [1.807, 2.05) is 5.38 Å². The standard InChI is InChI=1S/C22H19F6N3OS/c1-12-10-33-11-14(12)20-18-9-30(5-6-31(18)21(29-20)22(26,27)28)19(32)4-2-3-13-7-16(24)17(25)8-15(13)23/h7-8,10-11H,2-6,9H2,1H3. The van der Waals surface area contributed by atoms with Crippen LogP contribution in [0.1, 0.15) is 35.5 Å². The molecule has 3 heterocycles. The lowest BCUT2D eigenvalue weighted by atomic mass is 10.1. The van der Waals surface area contributed by atoms with Crippen LogP contribution in [0.25, 0.3) is 11.3 Å². The van der Waals surface area contributed by atoms with Gasteiger partial charge in [-0.25, -0.2) is 18.2 Å². The number of nitrogens with zero attached hydrogens (tertiary/aromatic N) is 3. The first-order valence-electron chi connectivity index (χ1n) is 10.2. The molecule has 0 bridgehead atoms. The Morgan fingerprint density at radius 2 is 1.82 bits per heavy atom. The van der Waals surface area contributed by atoms with E-state index in [0.717, 1.165) is 16.2 Å². The molecule has 11 heteroatoms. The third-order valence-electron chi connectivity index (χ3n) is 5.65. The predicted octanol–water partition coefficient (Wildman–Crippen LogP) is 5.72. The Bertz CT molecular complexity index is 1200. The molecule has 0 radical (unpaired) electrons. The maximum atomic E-state index is 13.8. The second-order valence-electron chi connectivity index (χ2n) is 7.88. The molecular weight excluding hydrogens is 468 g/mol. The average molecular weight is 487 g/mol. The molecule has 0 atom stereocenters. The molecule has 1 aliphatic heterocycles. The molecule has 1 aliphatic rings. The number of alkyl halides is 3. The van der Waals surface area contributed by atoms with Crippen molar-refractivity contribution in [3.63, 3.8) is 0 Å². The third kappa shape index (κ3) is 4.64. The van der Waals surface area contributed by atoms with Crippen LogP contribution in [0.3, 0.4) is 0 Å². The van der Waals surface area contributed by atoms with Gasteiger partial charge in [0.25, 0.3) is 0 Å². The monoisotopic (exact) mass is 487 g/mol. The van der Waals surface area contributed by atoms with Crippen molar-refractivity contribution in [1.82, 2.24) is 14.5 Å². The molecule has 0 saturated heterocycles. The second kappa shape index (κ2) is 8.85. The predicted molar refractivity (Wildman–Crippen MR) is 110 cm³/mol. The third-order valence-corrected chi connectivity index (χ3v) is 6.51. The van der Waals surface area contributed by atoms with Gasteiger partial charge in [0.2, 0.25) is 11.7 Å². The van der Waals surface area contributed by atoms with E-state index < -0.39 is 29.5 Å². The molecule has 1 aromatic carbocycles. The van der Waals surface area contributed by atoms with Crippen molar-refractivity contribution in [3.05, 3.63) is 63.0 Å². The van der Waals surface area contributed by atoms with Crippen LogP contribution >= 0.6 is 11.3 Å². The number of fused-ring (bicyclic) bond motifs is 1. The molecule has 4 rings (SSSR count). The first kappa shape index (κ1) is 23.3. The highest BCUT2D eigenvalue weighted by Gasteiger charge is 2.41. The fraction of sp³-hybridized carbons (Fsp3) is 0.364. The molecule has 0 N–H and O–H groups in total. The smallest absolute Gasteiger partial charge is 0.335 e. The van der Waals surface area contributed by atoms with Crippen LogP contribution in [0.15, 0.2) is 22.9 Å². The largest absolute Gasteiger partial charge is 0.449 e. The van der Waals surface area contributed by atoms with E-state index in [9.17, 15) is 31.1 Å². The molecule has 0 aliphatic carbocycles. The number of aryl methyl sites for hydroxylation is 2. The molecule has 4 nitrogen and oxygen atoms in total. The van der Waals surface area contributed by atoms with Gasteiger partial charge in [-0.05, 0) is 42.3 Å². The van der Waals surface area contributed by atoms with Gasteiger partial charge in [0, 0.05) is 36.5 Å². The number of benzene rings is 1. The summed E-state index contributed by atoms with van der Waals surface area (Å²) in [4.78, 5) is 18.1. The maximum absolute atomic E-state index is 13.8. The Balaban J connectivity index is 1.50. The number of rotatable bonds is 5. The molecule has 33 heavy (non-hydrogen) atoms. The Labute approximate surface area is 189 Å². The molecule has 176 valence electrons. The molecule has 3 aromatic rings. The van der Waals surface area contributed by atoms with Gasteiger partial charge in [-0.3, -0.25) is 4.79 Å². The Morgan fingerprint density at radius 1 is 1.09 bits per heavy atom. The molecule has 0 fully saturated rings. The SMILES string of the molecule is Cc1cscc1-c1nc(C(F)(F)F)n2c1CN(C(=O)CCCc1cc(F)c(F)cc1F)CC2. The molecule has 0 saturated carbocycles. The molecule has 0 unspecified atom stereocenters. The minimum atomic E-state index is -4.63. The van der Waals surface area contributed by atoms with Gasteiger partial charge in [0.05, 0.1) is 17.9 Å². The molecule has 0 spiro atoms. The van der Waals surface area contributed by atoms with Gasteiger partial charge in [-0.2, -0.15) is 24.5 Å². The molecular formula is C22H19F6N3OS. The number of hydrogen-bond donors (Lipinski definition) is 0. The first-order valence-corrected chi connectivity index (χ1v) is 11.1. The zero-order chi connectivity index (χ0) is 23.9. The number of aromatic nitrogens is 2. The number of hydrogen-bond acceptors (Lipinski definition) is 3. The second-order valence-corrected chi connectivity index (χ2v) is 8.62. The minimum absolute atomic E-state index is 0.00842. The lowest BCUT2D eigenvalue weighted by Gasteiger charge is -2.30. The zero-order valence-electron chi connectivity index (χ0n) is 17.5. The Hall–Kier alpha value is -2.82. The van der Waals surface area contributed by atoms with E-state index in [1.54, 1.807) is 12.3 Å². The van der Waals surface area contributed by atoms with Crippen molar-refractivity contribution < 1.29 is 31.1 Å². The van der Waals surface area contributed by atoms with Crippen molar-refractivity contribution >= 4 is 17.2 Å². The van der Waals surface area contributed by atoms with Gasteiger partial charge >= 0.3 is 6.18 Å². The van der Waals surface area contributed by atoms with E-state index in [2.05, 4.69) is 4.98 Å². The summed E-state index contributed by atoms with van der Waals surface area (Å²) in [6.07, 6.45) is -4.43. The summed E-state index contributed by atoms with van der Waals surface area (Å²) in [6.45, 7) is 1.77. The van der Waals surface area contributed by atoms with Crippen molar-refractivity contribution in [2.45, 2.75) is 45.5 Å².